The lowest BCUT2D eigenvalue weighted by molar-refractivity contribution is 0.884. The van der Waals surface area contributed by atoms with E-state index in [0.29, 0.717) is 15.8 Å². The van der Waals surface area contributed by atoms with Gasteiger partial charge in [-0.15, -0.1) is 10.2 Å². The van der Waals surface area contributed by atoms with Gasteiger partial charge in [0, 0.05) is 21.4 Å². The molecule has 0 aliphatic carbocycles. The molecule has 3 nitrogen and oxygen atoms in total. The molecule has 0 saturated heterocycles. The molecule has 0 saturated carbocycles. The number of rotatable bonds is 5. The average molecular weight is 440 g/mol. The maximum absolute atomic E-state index is 6.35. The highest BCUT2D eigenvalue weighted by Gasteiger charge is 2.17. The predicted molar refractivity (Wildman–Crippen MR) is 122 cm³/mol. The normalized spacial score (nSPS) is 11.0. The van der Waals surface area contributed by atoms with Gasteiger partial charge in [0.15, 0.2) is 11.0 Å². The first-order valence-corrected chi connectivity index (χ1v) is 10.9. The monoisotopic (exact) mass is 439 g/mol. The molecule has 0 unspecified atom stereocenters. The molecule has 0 spiro atoms. The van der Waals surface area contributed by atoms with E-state index in [2.05, 4.69) is 46.8 Å². The number of hydrogen-bond donors (Lipinski definition) is 0. The molecule has 0 N–H and O–H groups in total. The van der Waals surface area contributed by atoms with Crippen LogP contribution >= 0.6 is 35.0 Å². The van der Waals surface area contributed by atoms with Gasteiger partial charge in [-0.25, -0.2) is 0 Å². The Kier molecular flexibility index (Phi) is 5.95. The van der Waals surface area contributed by atoms with Crippen LogP contribution in [0.25, 0.3) is 17.1 Å². The minimum atomic E-state index is 0.607. The topological polar surface area (TPSA) is 30.7 Å². The zero-order chi connectivity index (χ0) is 20.4. The summed E-state index contributed by atoms with van der Waals surface area (Å²) in [6.45, 7) is 4.22. The predicted octanol–water partition coefficient (Wildman–Crippen LogP) is 7.15. The average Bonchev–Trinajstić information content (AvgIpc) is 3.14. The Bertz CT molecular complexity index is 1140. The lowest BCUT2D eigenvalue weighted by Crippen LogP contribution is -2.01. The molecule has 0 atom stereocenters. The minimum absolute atomic E-state index is 0.607. The third kappa shape index (κ3) is 4.20. The summed E-state index contributed by atoms with van der Waals surface area (Å²) in [5.41, 5.74) is 5.42. The Morgan fingerprint density at radius 1 is 0.828 bits per heavy atom. The number of aromatic nitrogens is 3. The number of thioether (sulfide) groups is 1. The second-order valence-electron chi connectivity index (χ2n) is 6.77. The second kappa shape index (κ2) is 8.62. The van der Waals surface area contributed by atoms with Crippen molar-refractivity contribution in [3.05, 3.63) is 93.5 Å². The quantitative estimate of drug-likeness (QED) is 0.309. The fraction of sp³-hybridized carbons (Fsp3) is 0.130. The van der Waals surface area contributed by atoms with E-state index in [4.69, 9.17) is 23.2 Å². The van der Waals surface area contributed by atoms with Crippen LogP contribution in [0.1, 0.15) is 16.7 Å². The van der Waals surface area contributed by atoms with Gasteiger partial charge in [0.25, 0.3) is 0 Å². The van der Waals surface area contributed by atoms with Crippen molar-refractivity contribution < 1.29 is 0 Å². The van der Waals surface area contributed by atoms with Gasteiger partial charge >= 0.3 is 0 Å². The van der Waals surface area contributed by atoms with E-state index < -0.39 is 0 Å². The molecule has 29 heavy (non-hydrogen) atoms. The van der Waals surface area contributed by atoms with Crippen molar-refractivity contribution in [3.8, 4) is 17.1 Å². The summed E-state index contributed by atoms with van der Waals surface area (Å²) >= 11 is 14.3. The van der Waals surface area contributed by atoms with Gasteiger partial charge in [0.05, 0.1) is 5.69 Å². The molecule has 1 aromatic heterocycles. The van der Waals surface area contributed by atoms with E-state index in [-0.39, 0.29) is 0 Å². The highest BCUT2D eigenvalue weighted by atomic mass is 35.5. The molecule has 0 radical (unpaired) electrons. The first-order valence-electron chi connectivity index (χ1n) is 9.19. The number of aryl methyl sites for hydroxylation is 2. The first-order chi connectivity index (χ1) is 14.0. The van der Waals surface area contributed by atoms with Gasteiger partial charge in [-0.1, -0.05) is 77.4 Å². The standard InChI is InChI=1S/C23H19Cl2N3S/c1-15-11-12-18(13-16(15)2)28-22(17-7-4-3-5-8-17)26-27-23(28)29-14-19-20(24)9-6-10-21(19)25/h3-13H,14H2,1-2H3. The van der Waals surface area contributed by atoms with Gasteiger partial charge in [0.2, 0.25) is 0 Å². The van der Waals surface area contributed by atoms with E-state index >= 15 is 0 Å². The maximum atomic E-state index is 6.35. The van der Waals surface area contributed by atoms with E-state index in [9.17, 15) is 0 Å². The maximum Gasteiger partial charge on any atom is 0.196 e. The third-order valence-corrected chi connectivity index (χ3v) is 6.48. The van der Waals surface area contributed by atoms with Crippen LogP contribution in [0.3, 0.4) is 0 Å². The van der Waals surface area contributed by atoms with E-state index in [1.54, 1.807) is 11.8 Å². The van der Waals surface area contributed by atoms with Crippen molar-refractivity contribution in [1.82, 2.24) is 14.8 Å². The van der Waals surface area contributed by atoms with Crippen LogP contribution in [0.4, 0.5) is 0 Å². The molecular formula is C23H19Cl2N3S. The van der Waals surface area contributed by atoms with Crippen molar-refractivity contribution in [3.63, 3.8) is 0 Å². The van der Waals surface area contributed by atoms with Gasteiger partial charge in [-0.2, -0.15) is 0 Å². The number of halogens is 2. The Balaban J connectivity index is 1.78. The molecule has 0 amide bonds. The summed E-state index contributed by atoms with van der Waals surface area (Å²) < 4.78 is 2.09. The van der Waals surface area contributed by atoms with Crippen LogP contribution < -0.4 is 0 Å². The molecule has 6 heteroatoms. The highest BCUT2D eigenvalue weighted by Crippen LogP contribution is 2.34. The van der Waals surface area contributed by atoms with Gasteiger partial charge in [-0.3, -0.25) is 4.57 Å². The van der Waals surface area contributed by atoms with Crippen molar-refractivity contribution >= 4 is 35.0 Å². The molecule has 0 bridgehead atoms. The van der Waals surface area contributed by atoms with Crippen molar-refractivity contribution in [2.24, 2.45) is 0 Å². The van der Waals surface area contributed by atoms with Gasteiger partial charge < -0.3 is 0 Å². The van der Waals surface area contributed by atoms with Crippen LogP contribution in [0.2, 0.25) is 10.0 Å². The molecule has 0 aliphatic rings. The summed E-state index contributed by atoms with van der Waals surface area (Å²) in [6, 6.07) is 22.0. The fourth-order valence-corrected chi connectivity index (χ4v) is 4.74. The molecule has 0 fully saturated rings. The van der Waals surface area contributed by atoms with E-state index in [0.717, 1.165) is 27.8 Å². The highest BCUT2D eigenvalue weighted by molar-refractivity contribution is 7.98. The zero-order valence-electron chi connectivity index (χ0n) is 16.1. The van der Waals surface area contributed by atoms with Crippen LogP contribution in [0.15, 0.2) is 71.9 Å². The number of nitrogens with zero attached hydrogens (tertiary/aromatic N) is 3. The SMILES string of the molecule is Cc1ccc(-n2c(SCc3c(Cl)cccc3Cl)nnc2-c2ccccc2)cc1C. The molecule has 3 aromatic carbocycles. The van der Waals surface area contributed by atoms with Crippen LogP contribution in [-0.2, 0) is 5.75 Å². The summed E-state index contributed by atoms with van der Waals surface area (Å²) in [6.07, 6.45) is 0. The first kappa shape index (κ1) is 20.0. The summed E-state index contributed by atoms with van der Waals surface area (Å²) in [5.74, 6) is 1.41. The van der Waals surface area contributed by atoms with Crippen molar-refractivity contribution in [2.45, 2.75) is 24.8 Å². The zero-order valence-corrected chi connectivity index (χ0v) is 18.4. The van der Waals surface area contributed by atoms with Gasteiger partial charge in [0.1, 0.15) is 0 Å². The Morgan fingerprint density at radius 3 is 2.24 bits per heavy atom. The van der Waals surface area contributed by atoms with Crippen molar-refractivity contribution in [2.75, 3.05) is 0 Å². The molecule has 4 rings (SSSR count). The smallest absolute Gasteiger partial charge is 0.196 e. The Morgan fingerprint density at radius 2 is 1.55 bits per heavy atom. The van der Waals surface area contributed by atoms with Crippen LogP contribution in [0.5, 0.6) is 0 Å². The van der Waals surface area contributed by atoms with Gasteiger partial charge in [-0.05, 0) is 54.8 Å². The van der Waals surface area contributed by atoms with E-state index in [1.165, 1.54) is 11.1 Å². The molecule has 146 valence electrons. The molecule has 1 heterocycles. The van der Waals surface area contributed by atoms with Crippen LogP contribution in [0, 0.1) is 13.8 Å². The Labute approximate surface area is 184 Å². The summed E-state index contributed by atoms with van der Waals surface area (Å²) in [7, 11) is 0. The molecule has 0 aliphatic heterocycles. The second-order valence-corrected chi connectivity index (χ2v) is 8.52. The summed E-state index contributed by atoms with van der Waals surface area (Å²) in [4.78, 5) is 0. The minimum Gasteiger partial charge on any atom is -0.270 e. The lowest BCUT2D eigenvalue weighted by Gasteiger charge is -2.13. The fourth-order valence-electron chi connectivity index (χ4n) is 3.04. The van der Waals surface area contributed by atoms with Crippen molar-refractivity contribution in [1.29, 1.82) is 0 Å². The third-order valence-electron chi connectivity index (χ3n) is 4.82. The van der Waals surface area contributed by atoms with Crippen LogP contribution in [-0.4, -0.2) is 14.8 Å². The summed E-state index contributed by atoms with van der Waals surface area (Å²) in [5, 5.41) is 11.1. The number of hydrogen-bond acceptors (Lipinski definition) is 3. The Hall–Kier alpha value is -2.27. The molecular weight excluding hydrogens is 421 g/mol. The van der Waals surface area contributed by atoms with E-state index in [1.807, 2.05) is 48.5 Å². The number of benzene rings is 3. The largest absolute Gasteiger partial charge is 0.270 e. The lowest BCUT2D eigenvalue weighted by atomic mass is 10.1. The molecule has 4 aromatic rings.